The summed E-state index contributed by atoms with van der Waals surface area (Å²) in [5.41, 5.74) is 2.97. The van der Waals surface area contributed by atoms with Gasteiger partial charge in [0.2, 0.25) is 0 Å². The van der Waals surface area contributed by atoms with Gasteiger partial charge in [0.25, 0.3) is 0 Å². The van der Waals surface area contributed by atoms with Gasteiger partial charge in [-0.1, -0.05) is 0 Å². The maximum atomic E-state index is 14.5. The van der Waals surface area contributed by atoms with Gasteiger partial charge in [0.15, 0.2) is 0 Å². The Morgan fingerprint density at radius 2 is 2.10 bits per heavy atom. The summed E-state index contributed by atoms with van der Waals surface area (Å²) in [5.74, 6) is 0.260. The van der Waals surface area contributed by atoms with Crippen LogP contribution < -0.4 is 10.1 Å². The van der Waals surface area contributed by atoms with Crippen molar-refractivity contribution in [1.82, 2.24) is 19.9 Å². The summed E-state index contributed by atoms with van der Waals surface area (Å²) in [4.78, 5) is 8.56. The second kappa shape index (κ2) is 7.56. The van der Waals surface area contributed by atoms with Gasteiger partial charge in [-0.05, 0) is 48.0 Å². The first kappa shape index (κ1) is 19.9. The lowest BCUT2D eigenvalue weighted by atomic mass is 9.99. The molecule has 9 heteroatoms. The molecule has 0 amide bonds. The molecule has 3 aromatic rings. The molecule has 0 saturated heterocycles. The van der Waals surface area contributed by atoms with Crippen LogP contribution in [0.5, 0.6) is 5.75 Å². The molecule has 1 aromatic carbocycles. The Kier molecular flexibility index (Phi) is 5.01. The lowest BCUT2D eigenvalue weighted by Gasteiger charge is -2.25. The van der Waals surface area contributed by atoms with Crippen LogP contribution in [0.25, 0.3) is 11.0 Å². The highest BCUT2D eigenvalue weighted by Gasteiger charge is 2.44. The third-order valence-corrected chi connectivity index (χ3v) is 6.77. The minimum atomic E-state index is -1.07. The molecule has 1 fully saturated rings. The summed E-state index contributed by atoms with van der Waals surface area (Å²) in [6.07, 6.45) is 1.69. The van der Waals surface area contributed by atoms with Crippen molar-refractivity contribution in [2.75, 3.05) is 6.54 Å². The SMILES string of the molecule is Cc1ncnc2c1ccn2[C@@H]1C[C@H](Oc2cc(Br)c(F)c3c2CCNC3)[C@@H](O)[C@H]1O. The molecule has 158 valence electrons. The number of ether oxygens (including phenoxy) is 1. The number of hydrogen-bond donors (Lipinski definition) is 3. The maximum Gasteiger partial charge on any atom is 0.143 e. The van der Waals surface area contributed by atoms with E-state index in [0.717, 1.165) is 23.2 Å². The summed E-state index contributed by atoms with van der Waals surface area (Å²) in [6, 6.07) is 3.14. The summed E-state index contributed by atoms with van der Waals surface area (Å²) >= 11 is 3.27. The molecule has 0 bridgehead atoms. The monoisotopic (exact) mass is 476 g/mol. The fourth-order valence-electron chi connectivity index (χ4n) is 4.57. The van der Waals surface area contributed by atoms with Crippen molar-refractivity contribution in [3.05, 3.63) is 51.8 Å². The molecule has 0 unspecified atom stereocenters. The van der Waals surface area contributed by atoms with Crippen molar-refractivity contribution in [2.24, 2.45) is 0 Å². The van der Waals surface area contributed by atoms with Crippen LogP contribution in [0.2, 0.25) is 0 Å². The van der Waals surface area contributed by atoms with Gasteiger partial charge < -0.3 is 24.8 Å². The molecule has 30 heavy (non-hydrogen) atoms. The Balaban J connectivity index is 1.46. The minimum absolute atomic E-state index is 0.289. The molecule has 3 N–H and O–H groups in total. The number of benzene rings is 1. The zero-order chi connectivity index (χ0) is 21.0. The topological polar surface area (TPSA) is 92.4 Å². The molecule has 0 radical (unpaired) electrons. The van der Waals surface area contributed by atoms with Gasteiger partial charge in [0, 0.05) is 35.7 Å². The standard InChI is InChI=1S/C21H22BrFN4O3/c1-10-11-3-5-27(21(11)26-9-25-10)15-7-17(20(29)19(15)28)30-16-6-14(22)18(23)13-8-24-4-2-12(13)16/h3,5-6,9,15,17,19-20,24,28-29H,2,4,7-8H2,1H3/t15-,17+,19+,20-/m1/s1. The quantitative estimate of drug-likeness (QED) is 0.537. The number of fused-ring (bicyclic) bond motifs is 2. The first-order valence-corrected chi connectivity index (χ1v) is 10.8. The van der Waals surface area contributed by atoms with E-state index in [9.17, 15) is 14.6 Å². The van der Waals surface area contributed by atoms with Crippen LogP contribution in [0.3, 0.4) is 0 Å². The fraction of sp³-hybridized carbons (Fsp3) is 0.429. The Hall–Kier alpha value is -2.07. The Morgan fingerprint density at radius 3 is 2.93 bits per heavy atom. The van der Waals surface area contributed by atoms with Crippen molar-refractivity contribution in [1.29, 1.82) is 0 Å². The zero-order valence-electron chi connectivity index (χ0n) is 16.3. The van der Waals surface area contributed by atoms with Crippen LogP contribution in [-0.4, -0.2) is 49.6 Å². The van der Waals surface area contributed by atoms with Crippen LogP contribution in [0, 0.1) is 12.7 Å². The third-order valence-electron chi connectivity index (χ3n) is 6.19. The van der Waals surface area contributed by atoms with Crippen LogP contribution >= 0.6 is 15.9 Å². The van der Waals surface area contributed by atoms with Gasteiger partial charge in [0.1, 0.15) is 41.9 Å². The molecule has 5 rings (SSSR count). The van der Waals surface area contributed by atoms with E-state index in [2.05, 4.69) is 31.2 Å². The number of aliphatic hydroxyl groups excluding tert-OH is 2. The number of aryl methyl sites for hydroxylation is 1. The molecule has 1 saturated carbocycles. The van der Waals surface area contributed by atoms with Crippen LogP contribution in [-0.2, 0) is 13.0 Å². The normalized spacial score (nSPS) is 26.2. The second-order valence-electron chi connectivity index (χ2n) is 7.91. The molecule has 0 spiro atoms. The van der Waals surface area contributed by atoms with E-state index in [1.807, 2.05) is 23.8 Å². The summed E-state index contributed by atoms with van der Waals surface area (Å²) in [7, 11) is 0. The molecule has 3 heterocycles. The highest BCUT2D eigenvalue weighted by molar-refractivity contribution is 9.10. The molecular formula is C21H22BrFN4O3. The Bertz CT molecular complexity index is 1120. The molecule has 7 nitrogen and oxygen atoms in total. The number of rotatable bonds is 3. The molecule has 1 aliphatic heterocycles. The summed E-state index contributed by atoms with van der Waals surface area (Å²) in [6.45, 7) is 3.08. The third kappa shape index (κ3) is 3.11. The number of nitrogens with zero attached hydrogens (tertiary/aromatic N) is 3. The predicted molar refractivity (Wildman–Crippen MR) is 112 cm³/mol. The van der Waals surface area contributed by atoms with Crippen LogP contribution in [0.15, 0.2) is 29.1 Å². The lowest BCUT2D eigenvalue weighted by molar-refractivity contribution is -0.0166. The van der Waals surface area contributed by atoms with Gasteiger partial charge in [-0.2, -0.15) is 0 Å². The number of nitrogens with one attached hydrogen (secondary N) is 1. The molecule has 1 aliphatic carbocycles. The van der Waals surface area contributed by atoms with Gasteiger partial charge in [0.05, 0.1) is 16.2 Å². The lowest BCUT2D eigenvalue weighted by Crippen LogP contribution is -2.35. The Labute approximate surface area is 181 Å². The van der Waals surface area contributed by atoms with Crippen molar-refractivity contribution in [3.8, 4) is 5.75 Å². The summed E-state index contributed by atoms with van der Waals surface area (Å²) < 4.78 is 22.9. The molecule has 2 aliphatic rings. The number of halogens is 2. The second-order valence-corrected chi connectivity index (χ2v) is 8.77. The van der Waals surface area contributed by atoms with E-state index in [-0.39, 0.29) is 5.82 Å². The van der Waals surface area contributed by atoms with Gasteiger partial charge in [-0.25, -0.2) is 14.4 Å². The van der Waals surface area contributed by atoms with Gasteiger partial charge in [-0.15, -0.1) is 0 Å². The van der Waals surface area contributed by atoms with Crippen molar-refractivity contribution >= 4 is 27.0 Å². The predicted octanol–water partition coefficient (Wildman–Crippen LogP) is 2.40. The van der Waals surface area contributed by atoms with Crippen molar-refractivity contribution in [2.45, 2.75) is 50.7 Å². The fourth-order valence-corrected chi connectivity index (χ4v) is 5.02. The van der Waals surface area contributed by atoms with E-state index in [0.29, 0.717) is 40.8 Å². The highest BCUT2D eigenvalue weighted by atomic mass is 79.9. The van der Waals surface area contributed by atoms with Crippen molar-refractivity contribution in [3.63, 3.8) is 0 Å². The smallest absolute Gasteiger partial charge is 0.143 e. The minimum Gasteiger partial charge on any atom is -0.487 e. The van der Waals surface area contributed by atoms with Gasteiger partial charge >= 0.3 is 0 Å². The average Bonchev–Trinajstić information content (AvgIpc) is 3.29. The van der Waals surface area contributed by atoms with E-state index in [1.165, 1.54) is 6.33 Å². The molecule has 2 aromatic heterocycles. The number of aliphatic hydroxyl groups is 2. The maximum absolute atomic E-state index is 14.5. The van der Waals surface area contributed by atoms with Crippen LogP contribution in [0.4, 0.5) is 4.39 Å². The number of aromatic nitrogens is 3. The average molecular weight is 477 g/mol. The van der Waals surface area contributed by atoms with E-state index in [1.54, 1.807) is 6.07 Å². The first-order chi connectivity index (χ1) is 14.5. The van der Waals surface area contributed by atoms with Crippen molar-refractivity contribution < 1.29 is 19.3 Å². The largest absolute Gasteiger partial charge is 0.487 e. The van der Waals surface area contributed by atoms with Gasteiger partial charge in [-0.3, -0.25) is 0 Å². The first-order valence-electron chi connectivity index (χ1n) is 9.97. The highest BCUT2D eigenvalue weighted by Crippen LogP contribution is 2.39. The van der Waals surface area contributed by atoms with E-state index in [4.69, 9.17) is 4.74 Å². The Morgan fingerprint density at radius 1 is 1.27 bits per heavy atom. The number of hydrogen-bond acceptors (Lipinski definition) is 6. The molecular weight excluding hydrogens is 455 g/mol. The summed E-state index contributed by atoms with van der Waals surface area (Å²) in [5, 5.41) is 25.6. The van der Waals surface area contributed by atoms with E-state index < -0.39 is 24.4 Å². The van der Waals surface area contributed by atoms with E-state index >= 15 is 0 Å². The zero-order valence-corrected chi connectivity index (χ0v) is 17.9. The molecule has 4 atom stereocenters. The van der Waals surface area contributed by atoms with Crippen LogP contribution in [0.1, 0.15) is 29.3 Å².